The quantitative estimate of drug-likeness (QED) is 0.712. The van der Waals surface area contributed by atoms with E-state index >= 15 is 0 Å². The number of carbonyl (C=O) groups excluding carboxylic acids is 2. The Kier molecular flexibility index (Phi) is 5.06. The van der Waals surface area contributed by atoms with E-state index < -0.39 is 5.91 Å². The van der Waals surface area contributed by atoms with Crippen LogP contribution in [0, 0.1) is 0 Å². The molecule has 0 bridgehead atoms. The van der Waals surface area contributed by atoms with Crippen molar-refractivity contribution in [2.45, 2.75) is 26.4 Å². The van der Waals surface area contributed by atoms with Gasteiger partial charge in [-0.3, -0.25) is 19.1 Å². The number of rotatable bonds is 4. The average molecular weight is 411 g/mol. The molecular formula is C20H21N5O3S. The van der Waals surface area contributed by atoms with Crippen LogP contribution in [-0.2, 0) is 26.6 Å². The van der Waals surface area contributed by atoms with Crippen molar-refractivity contribution in [3.63, 3.8) is 0 Å². The molecule has 2 amide bonds. The molecule has 0 saturated carbocycles. The van der Waals surface area contributed by atoms with Crippen molar-refractivity contribution in [3.05, 3.63) is 68.0 Å². The Morgan fingerprint density at radius 3 is 2.83 bits per heavy atom. The van der Waals surface area contributed by atoms with Crippen LogP contribution >= 0.6 is 11.3 Å². The monoisotopic (exact) mass is 411 g/mol. The highest BCUT2D eigenvalue weighted by atomic mass is 32.1. The molecule has 1 aliphatic heterocycles. The summed E-state index contributed by atoms with van der Waals surface area (Å²) in [5.74, 6) is -0.478. The zero-order chi connectivity index (χ0) is 20.5. The van der Waals surface area contributed by atoms with E-state index in [-0.39, 0.29) is 17.0 Å². The van der Waals surface area contributed by atoms with Crippen molar-refractivity contribution in [3.8, 4) is 0 Å². The topological polar surface area (TPSA) is 89.2 Å². The maximum Gasteiger partial charge on any atom is 0.264 e. The number of amides is 2. The van der Waals surface area contributed by atoms with Crippen LogP contribution in [0.2, 0.25) is 0 Å². The first-order chi connectivity index (χ1) is 14.0. The molecule has 0 radical (unpaired) electrons. The zero-order valence-corrected chi connectivity index (χ0v) is 17.0. The van der Waals surface area contributed by atoms with Crippen molar-refractivity contribution >= 4 is 28.8 Å². The Morgan fingerprint density at radius 1 is 1.31 bits per heavy atom. The number of hydrogen-bond acceptors (Lipinski definition) is 5. The van der Waals surface area contributed by atoms with Gasteiger partial charge < -0.3 is 14.8 Å². The molecule has 1 N–H and O–H groups in total. The van der Waals surface area contributed by atoms with E-state index in [0.717, 1.165) is 5.56 Å². The second-order valence-corrected chi connectivity index (χ2v) is 7.86. The second-order valence-electron chi connectivity index (χ2n) is 6.92. The summed E-state index contributed by atoms with van der Waals surface area (Å²) in [5.41, 5.74) is 1.86. The fourth-order valence-corrected chi connectivity index (χ4v) is 4.24. The number of aromatic nitrogens is 3. The van der Waals surface area contributed by atoms with E-state index in [0.29, 0.717) is 42.2 Å². The molecule has 0 unspecified atom stereocenters. The van der Waals surface area contributed by atoms with Crippen LogP contribution < -0.4 is 10.9 Å². The molecular weight excluding hydrogens is 390 g/mol. The lowest BCUT2D eigenvalue weighted by molar-refractivity contribution is 0.0739. The van der Waals surface area contributed by atoms with E-state index in [4.69, 9.17) is 0 Å². The molecule has 9 heteroatoms. The third kappa shape index (κ3) is 3.61. The van der Waals surface area contributed by atoms with Gasteiger partial charge in [0.1, 0.15) is 5.56 Å². The highest BCUT2D eigenvalue weighted by Crippen LogP contribution is 2.24. The smallest absolute Gasteiger partial charge is 0.264 e. The largest absolute Gasteiger partial charge is 0.333 e. The number of fused-ring (bicyclic) bond motifs is 1. The summed E-state index contributed by atoms with van der Waals surface area (Å²) in [4.78, 5) is 40.8. The van der Waals surface area contributed by atoms with Gasteiger partial charge in [0.05, 0.1) is 16.8 Å². The van der Waals surface area contributed by atoms with Crippen molar-refractivity contribution in [2.75, 3.05) is 11.9 Å². The van der Waals surface area contributed by atoms with Gasteiger partial charge in [0, 0.05) is 39.1 Å². The summed E-state index contributed by atoms with van der Waals surface area (Å²) in [6, 6.07) is 3.65. The molecule has 8 nitrogen and oxygen atoms in total. The predicted octanol–water partition coefficient (Wildman–Crippen LogP) is 2.11. The summed E-state index contributed by atoms with van der Waals surface area (Å²) in [5, 5.41) is 8.78. The molecule has 0 aliphatic carbocycles. The highest BCUT2D eigenvalue weighted by molar-refractivity contribution is 7.12. The standard InChI is InChI=1S/C20H21N5O3S/c1-3-25-12-14(9-21-25)22-18(26)17-15-6-7-24(19(27)16-5-4-8-29-16)11-13(15)10-23(2)20(17)28/h4-5,8-10,12H,3,6-7,11H2,1-2H3,(H,22,26). The number of carbonyl (C=O) groups is 2. The molecule has 3 aromatic rings. The first kappa shape index (κ1) is 19.1. The maximum atomic E-state index is 12.9. The summed E-state index contributed by atoms with van der Waals surface area (Å²) < 4.78 is 3.10. The lowest BCUT2D eigenvalue weighted by Crippen LogP contribution is -2.39. The van der Waals surface area contributed by atoms with Crippen LogP contribution in [0.5, 0.6) is 0 Å². The minimum Gasteiger partial charge on any atom is -0.333 e. The summed E-state index contributed by atoms with van der Waals surface area (Å²) in [7, 11) is 1.62. The van der Waals surface area contributed by atoms with Crippen LogP contribution in [0.4, 0.5) is 5.69 Å². The second kappa shape index (κ2) is 7.67. The number of nitrogens with one attached hydrogen (secondary N) is 1. The van der Waals surface area contributed by atoms with Crippen molar-refractivity contribution < 1.29 is 9.59 Å². The lowest BCUT2D eigenvalue weighted by atomic mass is 9.96. The van der Waals surface area contributed by atoms with E-state index in [2.05, 4.69) is 10.4 Å². The number of pyridine rings is 1. The molecule has 29 heavy (non-hydrogen) atoms. The van der Waals surface area contributed by atoms with Gasteiger partial charge in [-0.25, -0.2) is 0 Å². The van der Waals surface area contributed by atoms with Crippen LogP contribution in [0.25, 0.3) is 0 Å². The van der Waals surface area contributed by atoms with E-state index in [9.17, 15) is 14.4 Å². The molecule has 1 aliphatic rings. The number of nitrogens with zero attached hydrogens (tertiary/aromatic N) is 4. The Bertz CT molecular complexity index is 1130. The minimum atomic E-state index is -0.448. The van der Waals surface area contributed by atoms with Crippen molar-refractivity contribution in [1.82, 2.24) is 19.2 Å². The van der Waals surface area contributed by atoms with Gasteiger partial charge in [0.15, 0.2) is 0 Å². The number of hydrogen-bond donors (Lipinski definition) is 1. The van der Waals surface area contributed by atoms with Gasteiger partial charge in [-0.05, 0) is 35.9 Å². The summed E-state index contributed by atoms with van der Waals surface area (Å²) in [6.07, 6.45) is 5.46. The van der Waals surface area contributed by atoms with Gasteiger partial charge >= 0.3 is 0 Å². The lowest BCUT2D eigenvalue weighted by Gasteiger charge is -2.30. The van der Waals surface area contributed by atoms with Crippen LogP contribution in [0.3, 0.4) is 0 Å². The SMILES string of the molecule is CCn1cc(NC(=O)c2c3c(cn(C)c2=O)CN(C(=O)c2cccs2)CC3)cn1. The van der Waals surface area contributed by atoms with E-state index in [1.54, 1.807) is 41.3 Å². The molecule has 0 aromatic carbocycles. The van der Waals surface area contributed by atoms with Crippen molar-refractivity contribution in [1.29, 1.82) is 0 Å². The normalized spacial score (nSPS) is 13.2. The third-order valence-corrected chi connectivity index (χ3v) is 5.89. The molecule has 150 valence electrons. The fourth-order valence-electron chi connectivity index (χ4n) is 3.55. The van der Waals surface area contributed by atoms with Crippen molar-refractivity contribution in [2.24, 2.45) is 7.05 Å². The third-order valence-electron chi connectivity index (χ3n) is 5.03. The molecule has 3 aromatic heterocycles. The van der Waals surface area contributed by atoms with E-state index in [1.807, 2.05) is 18.4 Å². The molecule has 0 atom stereocenters. The van der Waals surface area contributed by atoms with Crippen LogP contribution in [-0.4, -0.2) is 37.6 Å². The predicted molar refractivity (Wildman–Crippen MR) is 110 cm³/mol. The molecule has 0 fully saturated rings. The zero-order valence-electron chi connectivity index (χ0n) is 16.2. The first-order valence-corrected chi connectivity index (χ1v) is 10.2. The van der Waals surface area contributed by atoms with Gasteiger partial charge in [0.2, 0.25) is 0 Å². The fraction of sp³-hybridized carbons (Fsp3) is 0.300. The van der Waals surface area contributed by atoms with Gasteiger partial charge in [-0.15, -0.1) is 11.3 Å². The number of anilines is 1. The first-order valence-electron chi connectivity index (χ1n) is 9.36. The summed E-state index contributed by atoms with van der Waals surface area (Å²) in [6.45, 7) is 3.47. The van der Waals surface area contributed by atoms with E-state index in [1.165, 1.54) is 15.9 Å². The minimum absolute atomic E-state index is 0.0301. The number of aryl methyl sites for hydroxylation is 2. The van der Waals surface area contributed by atoms with Crippen LogP contribution in [0.1, 0.15) is 38.1 Å². The van der Waals surface area contributed by atoms with Gasteiger partial charge in [-0.2, -0.15) is 5.10 Å². The Balaban J connectivity index is 1.64. The molecule has 0 saturated heterocycles. The Labute approximate surface area is 171 Å². The average Bonchev–Trinajstić information content (AvgIpc) is 3.40. The maximum absolute atomic E-state index is 12.9. The van der Waals surface area contributed by atoms with Gasteiger partial charge in [-0.1, -0.05) is 6.07 Å². The highest BCUT2D eigenvalue weighted by Gasteiger charge is 2.28. The Hall–Kier alpha value is -3.20. The molecule has 4 rings (SSSR count). The molecule has 4 heterocycles. The number of thiophene rings is 1. The molecule has 0 spiro atoms. The Morgan fingerprint density at radius 2 is 2.14 bits per heavy atom. The summed E-state index contributed by atoms with van der Waals surface area (Å²) >= 11 is 1.41. The van der Waals surface area contributed by atoms with Crippen LogP contribution in [0.15, 0.2) is 40.9 Å². The van der Waals surface area contributed by atoms with Gasteiger partial charge in [0.25, 0.3) is 17.4 Å².